The summed E-state index contributed by atoms with van der Waals surface area (Å²) in [6, 6.07) is 11.9. The van der Waals surface area contributed by atoms with E-state index in [1.165, 1.54) is 12.1 Å². The number of fused-ring (bicyclic) bond motifs is 1. The molecule has 1 unspecified atom stereocenters. The summed E-state index contributed by atoms with van der Waals surface area (Å²) >= 11 is 0. The zero-order valence-corrected chi connectivity index (χ0v) is 17.7. The minimum atomic E-state index is -0.277. The fourth-order valence-electron chi connectivity index (χ4n) is 3.01. The SMILES string of the molecule is Cl.Cl.Cn1c(C(=O)NCC(N)CCCN)nc2cc(-c3ccc(F)cc3)ccc21. The minimum Gasteiger partial charge on any atom is -0.348 e. The second kappa shape index (κ2) is 11.1. The van der Waals surface area contributed by atoms with Crippen molar-refractivity contribution in [2.45, 2.75) is 18.9 Å². The molecule has 6 nitrogen and oxygen atoms in total. The Hall–Kier alpha value is -2.19. The van der Waals surface area contributed by atoms with E-state index in [0.717, 1.165) is 29.5 Å². The lowest BCUT2D eigenvalue weighted by Gasteiger charge is -2.11. The van der Waals surface area contributed by atoms with E-state index in [9.17, 15) is 9.18 Å². The summed E-state index contributed by atoms with van der Waals surface area (Å²) in [7, 11) is 1.80. The van der Waals surface area contributed by atoms with Crippen LogP contribution in [0.25, 0.3) is 22.2 Å². The molecule has 5 N–H and O–H groups in total. The van der Waals surface area contributed by atoms with Crippen molar-refractivity contribution >= 4 is 41.8 Å². The molecular formula is C20H26Cl2FN5O. The maximum atomic E-state index is 13.1. The maximum Gasteiger partial charge on any atom is 0.287 e. The number of nitrogens with zero attached hydrogens (tertiary/aromatic N) is 2. The molecular weight excluding hydrogens is 416 g/mol. The highest BCUT2D eigenvalue weighted by Crippen LogP contribution is 2.24. The summed E-state index contributed by atoms with van der Waals surface area (Å²) in [6.07, 6.45) is 1.59. The van der Waals surface area contributed by atoms with Crippen molar-refractivity contribution in [3.8, 4) is 11.1 Å². The second-order valence-corrected chi connectivity index (χ2v) is 6.61. The van der Waals surface area contributed by atoms with E-state index in [1.807, 2.05) is 18.2 Å². The Balaban J connectivity index is 0.00000210. The van der Waals surface area contributed by atoms with Crippen LogP contribution in [0.2, 0.25) is 0 Å². The number of aryl methyl sites for hydroxylation is 1. The monoisotopic (exact) mass is 441 g/mol. The first-order chi connectivity index (χ1) is 13.0. The van der Waals surface area contributed by atoms with E-state index in [0.29, 0.717) is 24.4 Å². The third-order valence-electron chi connectivity index (χ3n) is 4.57. The van der Waals surface area contributed by atoms with Crippen LogP contribution in [-0.4, -0.2) is 34.6 Å². The molecule has 0 fully saturated rings. The van der Waals surface area contributed by atoms with E-state index >= 15 is 0 Å². The van der Waals surface area contributed by atoms with Crippen molar-refractivity contribution in [1.29, 1.82) is 0 Å². The van der Waals surface area contributed by atoms with Gasteiger partial charge in [0.25, 0.3) is 5.91 Å². The molecule has 0 radical (unpaired) electrons. The van der Waals surface area contributed by atoms with Gasteiger partial charge in [0.2, 0.25) is 0 Å². The van der Waals surface area contributed by atoms with Crippen LogP contribution in [0.15, 0.2) is 42.5 Å². The minimum absolute atomic E-state index is 0. The number of hydrogen-bond donors (Lipinski definition) is 3. The van der Waals surface area contributed by atoms with Gasteiger partial charge in [-0.25, -0.2) is 9.37 Å². The number of carbonyl (C=O) groups excluding carboxylic acids is 1. The number of nitrogens with one attached hydrogen (secondary N) is 1. The molecule has 2 aromatic carbocycles. The van der Waals surface area contributed by atoms with E-state index in [1.54, 1.807) is 23.7 Å². The van der Waals surface area contributed by atoms with Crippen LogP contribution >= 0.6 is 24.8 Å². The smallest absolute Gasteiger partial charge is 0.287 e. The van der Waals surface area contributed by atoms with E-state index in [2.05, 4.69) is 10.3 Å². The summed E-state index contributed by atoms with van der Waals surface area (Å²) in [5.74, 6) is -0.214. The average Bonchev–Trinajstić information content (AvgIpc) is 3.01. The van der Waals surface area contributed by atoms with Gasteiger partial charge in [-0.1, -0.05) is 18.2 Å². The lowest BCUT2D eigenvalue weighted by Crippen LogP contribution is -2.38. The number of rotatable bonds is 7. The van der Waals surface area contributed by atoms with Crippen molar-refractivity contribution in [2.24, 2.45) is 18.5 Å². The number of amides is 1. The van der Waals surface area contributed by atoms with Crippen molar-refractivity contribution in [3.05, 3.63) is 54.1 Å². The fourth-order valence-corrected chi connectivity index (χ4v) is 3.01. The van der Waals surface area contributed by atoms with Crippen LogP contribution in [0, 0.1) is 5.82 Å². The number of aromatic nitrogens is 2. The second-order valence-electron chi connectivity index (χ2n) is 6.61. The summed E-state index contributed by atoms with van der Waals surface area (Å²) in [5.41, 5.74) is 14.8. The Morgan fingerprint density at radius 2 is 1.83 bits per heavy atom. The zero-order valence-electron chi connectivity index (χ0n) is 16.1. The molecule has 158 valence electrons. The molecule has 0 saturated heterocycles. The average molecular weight is 442 g/mol. The normalized spacial score (nSPS) is 11.4. The van der Waals surface area contributed by atoms with Gasteiger partial charge in [0.05, 0.1) is 11.0 Å². The van der Waals surface area contributed by atoms with Crippen LogP contribution in [0.3, 0.4) is 0 Å². The van der Waals surface area contributed by atoms with Crippen LogP contribution < -0.4 is 16.8 Å². The molecule has 0 aliphatic rings. The standard InChI is InChI=1S/C20H24FN5O.2ClH/c1-26-18-9-6-14(13-4-7-15(21)8-5-13)11-17(18)25-19(26)20(27)24-12-16(23)3-2-10-22;;/h4-9,11,16H,2-3,10,12,22-23H2,1H3,(H,24,27);2*1H. The molecule has 3 aromatic rings. The quantitative estimate of drug-likeness (QED) is 0.524. The van der Waals surface area contributed by atoms with Gasteiger partial charge in [0.1, 0.15) is 5.82 Å². The van der Waals surface area contributed by atoms with Crippen LogP contribution in [0.1, 0.15) is 23.5 Å². The molecule has 9 heteroatoms. The Morgan fingerprint density at radius 3 is 2.48 bits per heavy atom. The highest BCUT2D eigenvalue weighted by molar-refractivity contribution is 5.95. The molecule has 0 aliphatic heterocycles. The molecule has 29 heavy (non-hydrogen) atoms. The number of benzene rings is 2. The van der Waals surface area contributed by atoms with Gasteiger partial charge >= 0.3 is 0 Å². The van der Waals surface area contributed by atoms with Gasteiger partial charge in [-0.2, -0.15) is 0 Å². The summed E-state index contributed by atoms with van der Waals surface area (Å²) in [4.78, 5) is 17.0. The first-order valence-electron chi connectivity index (χ1n) is 8.96. The number of hydrogen-bond acceptors (Lipinski definition) is 4. The molecule has 1 atom stereocenters. The zero-order chi connectivity index (χ0) is 19.4. The topological polar surface area (TPSA) is 99.0 Å². The Morgan fingerprint density at radius 1 is 1.17 bits per heavy atom. The fraction of sp³-hybridized carbons (Fsp3) is 0.300. The number of halogens is 3. The first kappa shape index (κ1) is 24.8. The number of nitrogens with two attached hydrogens (primary N) is 2. The van der Waals surface area contributed by atoms with E-state index < -0.39 is 0 Å². The van der Waals surface area contributed by atoms with Gasteiger partial charge in [-0.15, -0.1) is 24.8 Å². The number of imidazole rings is 1. The Labute approximate surface area is 181 Å². The molecule has 0 saturated carbocycles. The van der Waals surface area contributed by atoms with Crippen molar-refractivity contribution in [1.82, 2.24) is 14.9 Å². The first-order valence-corrected chi connectivity index (χ1v) is 8.96. The summed E-state index contributed by atoms with van der Waals surface area (Å²) in [5, 5.41) is 2.83. The van der Waals surface area contributed by atoms with Crippen molar-refractivity contribution in [2.75, 3.05) is 13.1 Å². The highest BCUT2D eigenvalue weighted by Gasteiger charge is 2.16. The van der Waals surface area contributed by atoms with Crippen LogP contribution in [0.4, 0.5) is 4.39 Å². The molecule has 1 amide bonds. The number of carbonyl (C=O) groups is 1. The highest BCUT2D eigenvalue weighted by atomic mass is 35.5. The van der Waals surface area contributed by atoms with Crippen LogP contribution in [0.5, 0.6) is 0 Å². The van der Waals surface area contributed by atoms with Gasteiger partial charge in [0.15, 0.2) is 5.82 Å². The van der Waals surface area contributed by atoms with Gasteiger partial charge in [-0.05, 0) is 54.8 Å². The lowest BCUT2D eigenvalue weighted by atomic mass is 10.1. The van der Waals surface area contributed by atoms with E-state index in [4.69, 9.17) is 11.5 Å². The summed E-state index contributed by atoms with van der Waals surface area (Å²) < 4.78 is 14.9. The third kappa shape index (κ3) is 5.90. The molecule has 3 rings (SSSR count). The molecule has 0 spiro atoms. The van der Waals surface area contributed by atoms with Gasteiger partial charge in [0, 0.05) is 19.6 Å². The predicted octanol–water partition coefficient (Wildman–Crippen LogP) is 3.02. The Kier molecular flexibility index (Phi) is 9.52. The van der Waals surface area contributed by atoms with Crippen LogP contribution in [-0.2, 0) is 7.05 Å². The van der Waals surface area contributed by atoms with Gasteiger partial charge in [-0.3, -0.25) is 4.79 Å². The molecule has 1 heterocycles. The summed E-state index contributed by atoms with van der Waals surface area (Å²) in [6.45, 7) is 0.964. The third-order valence-corrected chi connectivity index (χ3v) is 4.57. The lowest BCUT2D eigenvalue weighted by molar-refractivity contribution is 0.0937. The van der Waals surface area contributed by atoms with Gasteiger partial charge < -0.3 is 21.4 Å². The Bertz CT molecular complexity index is 946. The molecule has 0 bridgehead atoms. The molecule has 1 aromatic heterocycles. The largest absolute Gasteiger partial charge is 0.348 e. The predicted molar refractivity (Wildman–Crippen MR) is 119 cm³/mol. The maximum absolute atomic E-state index is 13.1. The molecule has 0 aliphatic carbocycles. The van der Waals surface area contributed by atoms with E-state index in [-0.39, 0.29) is 42.6 Å². The van der Waals surface area contributed by atoms with Crippen molar-refractivity contribution in [3.63, 3.8) is 0 Å². The van der Waals surface area contributed by atoms with Crippen molar-refractivity contribution < 1.29 is 9.18 Å².